The summed E-state index contributed by atoms with van der Waals surface area (Å²) in [5.41, 5.74) is 3.25. The number of imidazole rings is 1. The zero-order chi connectivity index (χ0) is 20.4. The van der Waals surface area contributed by atoms with E-state index in [-0.39, 0.29) is 17.3 Å². The Morgan fingerprint density at radius 3 is 2.66 bits per heavy atom. The second-order valence-corrected chi connectivity index (χ2v) is 8.79. The molecule has 0 bridgehead atoms. The predicted octanol–water partition coefficient (Wildman–Crippen LogP) is 2.79. The van der Waals surface area contributed by atoms with Crippen molar-refractivity contribution in [3.63, 3.8) is 0 Å². The molecule has 2 heterocycles. The fraction of sp³-hybridized carbons (Fsp3) is 0.238. The van der Waals surface area contributed by atoms with Crippen molar-refractivity contribution in [3.8, 4) is 5.69 Å². The Morgan fingerprint density at radius 2 is 1.97 bits per heavy atom. The number of amides is 1. The lowest BCUT2D eigenvalue weighted by molar-refractivity contribution is -0.117. The van der Waals surface area contributed by atoms with Crippen molar-refractivity contribution in [1.29, 1.82) is 0 Å². The number of carbonyl (C=O) groups is 1. The number of benzene rings is 2. The maximum absolute atomic E-state index is 12.8. The molecule has 150 valence electrons. The van der Waals surface area contributed by atoms with Gasteiger partial charge in [-0.1, -0.05) is 18.2 Å². The van der Waals surface area contributed by atoms with Gasteiger partial charge in [0, 0.05) is 37.6 Å². The van der Waals surface area contributed by atoms with Gasteiger partial charge in [-0.3, -0.25) is 4.79 Å². The molecule has 1 aliphatic rings. The molecule has 8 heteroatoms. The molecule has 0 radical (unpaired) electrons. The van der Waals surface area contributed by atoms with E-state index in [9.17, 15) is 13.2 Å². The molecule has 0 saturated carbocycles. The molecule has 0 unspecified atom stereocenters. The fourth-order valence-electron chi connectivity index (χ4n) is 3.57. The summed E-state index contributed by atoms with van der Waals surface area (Å²) in [4.78, 5) is 17.9. The van der Waals surface area contributed by atoms with Gasteiger partial charge in [0.2, 0.25) is 15.9 Å². The van der Waals surface area contributed by atoms with Crippen molar-refractivity contribution in [2.24, 2.45) is 0 Å². The molecule has 4 rings (SSSR count). The van der Waals surface area contributed by atoms with Crippen molar-refractivity contribution < 1.29 is 13.2 Å². The molecule has 1 fully saturated rings. The van der Waals surface area contributed by atoms with E-state index in [4.69, 9.17) is 0 Å². The zero-order valence-corrected chi connectivity index (χ0v) is 16.9. The monoisotopic (exact) mass is 410 g/mol. The van der Waals surface area contributed by atoms with Crippen molar-refractivity contribution in [3.05, 3.63) is 72.3 Å². The van der Waals surface area contributed by atoms with Gasteiger partial charge in [-0.15, -0.1) is 0 Å². The summed E-state index contributed by atoms with van der Waals surface area (Å²) >= 11 is 0. The maximum atomic E-state index is 12.8. The Bertz CT molecular complexity index is 1140. The number of aromatic nitrogens is 2. The molecule has 3 aromatic rings. The highest BCUT2D eigenvalue weighted by Gasteiger charge is 2.24. The fourth-order valence-corrected chi connectivity index (χ4v) is 4.66. The number of hydrogen-bond acceptors (Lipinski definition) is 4. The number of anilines is 1. The van der Waals surface area contributed by atoms with Gasteiger partial charge in [-0.05, 0) is 48.7 Å². The Morgan fingerprint density at radius 1 is 1.14 bits per heavy atom. The van der Waals surface area contributed by atoms with Crippen LogP contribution in [0.3, 0.4) is 0 Å². The maximum Gasteiger partial charge on any atom is 0.240 e. The third kappa shape index (κ3) is 3.94. The molecule has 2 aromatic carbocycles. The number of nitrogens with zero attached hydrogens (tertiary/aromatic N) is 3. The molecule has 1 N–H and O–H groups in total. The van der Waals surface area contributed by atoms with Crippen LogP contribution in [-0.4, -0.2) is 30.4 Å². The minimum Gasteiger partial charge on any atom is -0.312 e. The van der Waals surface area contributed by atoms with Gasteiger partial charge in [0.15, 0.2) is 0 Å². The van der Waals surface area contributed by atoms with E-state index in [1.165, 1.54) is 0 Å². The van der Waals surface area contributed by atoms with Crippen LogP contribution in [0.4, 0.5) is 5.69 Å². The van der Waals surface area contributed by atoms with Crippen LogP contribution >= 0.6 is 0 Å². The highest BCUT2D eigenvalue weighted by molar-refractivity contribution is 7.89. The van der Waals surface area contributed by atoms with Crippen LogP contribution in [0.15, 0.2) is 66.1 Å². The SMILES string of the molecule is Cc1cc(S(=O)(=O)NCc2ccccc2-n2ccnc2)ccc1N1CCCC1=O. The lowest BCUT2D eigenvalue weighted by Gasteiger charge is -2.19. The summed E-state index contributed by atoms with van der Waals surface area (Å²) in [6, 6.07) is 12.4. The Hall–Kier alpha value is -2.97. The number of sulfonamides is 1. The third-order valence-electron chi connectivity index (χ3n) is 5.07. The molecular formula is C21H22N4O3S. The molecule has 0 spiro atoms. The molecule has 1 aliphatic heterocycles. The Balaban J connectivity index is 1.54. The Kier molecular flexibility index (Phi) is 5.21. The number of rotatable bonds is 6. The van der Waals surface area contributed by atoms with Gasteiger partial charge in [-0.2, -0.15) is 0 Å². The van der Waals surface area contributed by atoms with E-state index < -0.39 is 10.0 Å². The number of aryl methyl sites for hydroxylation is 1. The normalized spacial score (nSPS) is 14.5. The van der Waals surface area contributed by atoms with E-state index >= 15 is 0 Å². The quantitative estimate of drug-likeness (QED) is 0.677. The van der Waals surface area contributed by atoms with Gasteiger partial charge in [0.1, 0.15) is 0 Å². The molecule has 0 aliphatic carbocycles. The van der Waals surface area contributed by atoms with Gasteiger partial charge in [0.05, 0.1) is 16.9 Å². The topological polar surface area (TPSA) is 84.3 Å². The van der Waals surface area contributed by atoms with E-state index in [1.807, 2.05) is 42.0 Å². The molecule has 1 amide bonds. The first kappa shape index (κ1) is 19.4. The van der Waals surface area contributed by atoms with Crippen LogP contribution < -0.4 is 9.62 Å². The number of hydrogen-bond donors (Lipinski definition) is 1. The smallest absolute Gasteiger partial charge is 0.240 e. The number of nitrogens with one attached hydrogen (secondary N) is 1. The second kappa shape index (κ2) is 7.81. The van der Waals surface area contributed by atoms with Gasteiger partial charge in [-0.25, -0.2) is 18.1 Å². The summed E-state index contributed by atoms with van der Waals surface area (Å²) in [6.45, 7) is 2.66. The van der Waals surface area contributed by atoms with Gasteiger partial charge >= 0.3 is 0 Å². The second-order valence-electron chi connectivity index (χ2n) is 7.02. The van der Waals surface area contributed by atoms with Crippen LogP contribution in [-0.2, 0) is 21.4 Å². The summed E-state index contributed by atoms with van der Waals surface area (Å²) in [7, 11) is -3.70. The van der Waals surface area contributed by atoms with Crippen LogP contribution in [0.5, 0.6) is 0 Å². The molecule has 1 saturated heterocycles. The standard InChI is InChI=1S/C21H22N4O3S/c1-16-13-18(8-9-19(16)25-11-4-7-21(25)26)29(27,28)23-14-17-5-2-3-6-20(17)24-12-10-22-15-24/h2-3,5-6,8-10,12-13,15,23H,4,7,11,14H2,1H3. The first-order valence-corrected chi connectivity index (χ1v) is 10.9. The molecule has 0 atom stereocenters. The zero-order valence-electron chi connectivity index (χ0n) is 16.1. The number of carbonyl (C=O) groups excluding carboxylic acids is 1. The lowest BCUT2D eigenvalue weighted by Crippen LogP contribution is -2.26. The van der Waals surface area contributed by atoms with Crippen LogP contribution in [0, 0.1) is 6.92 Å². The predicted molar refractivity (Wildman–Crippen MR) is 110 cm³/mol. The third-order valence-corrected chi connectivity index (χ3v) is 6.47. The van der Waals surface area contributed by atoms with E-state index in [0.29, 0.717) is 13.0 Å². The first-order valence-electron chi connectivity index (χ1n) is 9.42. The molecule has 7 nitrogen and oxygen atoms in total. The summed E-state index contributed by atoms with van der Waals surface area (Å²) in [6.07, 6.45) is 6.54. The average Bonchev–Trinajstić information content (AvgIpc) is 3.39. The minimum atomic E-state index is -3.70. The molecular weight excluding hydrogens is 388 g/mol. The van der Waals surface area contributed by atoms with E-state index in [1.54, 1.807) is 35.6 Å². The van der Waals surface area contributed by atoms with Gasteiger partial charge in [0.25, 0.3) is 0 Å². The number of para-hydroxylation sites is 1. The van der Waals surface area contributed by atoms with Gasteiger partial charge < -0.3 is 9.47 Å². The highest BCUT2D eigenvalue weighted by atomic mass is 32.2. The highest BCUT2D eigenvalue weighted by Crippen LogP contribution is 2.27. The van der Waals surface area contributed by atoms with Crippen molar-refractivity contribution >= 4 is 21.6 Å². The van der Waals surface area contributed by atoms with E-state index in [2.05, 4.69) is 9.71 Å². The summed E-state index contributed by atoms with van der Waals surface area (Å²) < 4.78 is 30.2. The van der Waals surface area contributed by atoms with Crippen molar-refractivity contribution in [2.75, 3.05) is 11.4 Å². The largest absolute Gasteiger partial charge is 0.312 e. The molecule has 29 heavy (non-hydrogen) atoms. The summed E-state index contributed by atoms with van der Waals surface area (Å²) in [5, 5.41) is 0. The Labute approximate surface area is 170 Å². The first-order chi connectivity index (χ1) is 14.0. The van der Waals surface area contributed by atoms with Crippen LogP contribution in [0.25, 0.3) is 5.69 Å². The van der Waals surface area contributed by atoms with Crippen LogP contribution in [0.1, 0.15) is 24.0 Å². The average molecular weight is 410 g/mol. The minimum absolute atomic E-state index is 0.0814. The van der Waals surface area contributed by atoms with E-state index in [0.717, 1.165) is 28.9 Å². The molecule has 1 aromatic heterocycles. The lowest BCUT2D eigenvalue weighted by atomic mass is 10.2. The van der Waals surface area contributed by atoms with Crippen molar-refractivity contribution in [1.82, 2.24) is 14.3 Å². The van der Waals surface area contributed by atoms with Crippen LogP contribution in [0.2, 0.25) is 0 Å². The van der Waals surface area contributed by atoms with Crippen molar-refractivity contribution in [2.45, 2.75) is 31.2 Å². The summed E-state index contributed by atoms with van der Waals surface area (Å²) in [5.74, 6) is 0.0814.